The fourth-order valence-corrected chi connectivity index (χ4v) is 5.95. The van der Waals surface area contributed by atoms with Gasteiger partial charge in [-0.15, -0.1) is 0 Å². The number of hydrogen-bond donors (Lipinski definition) is 1. The van der Waals surface area contributed by atoms with E-state index < -0.39 is 35.4 Å². The first-order valence-electron chi connectivity index (χ1n) is 10.9. The SMILES string of the molecule is CC/C(=N\N1C(=O)OC2CC3CCC21C3(C)C)[C@H](C)[C@H](O)c1ccc(C(F)(F)F)cc1. The Bertz CT molecular complexity index is 896. The number of aliphatic hydroxyl groups is 1. The van der Waals surface area contributed by atoms with E-state index in [4.69, 9.17) is 9.84 Å². The van der Waals surface area contributed by atoms with Crippen molar-refractivity contribution < 1.29 is 27.8 Å². The van der Waals surface area contributed by atoms with Gasteiger partial charge in [0.15, 0.2) is 0 Å². The molecular weight excluding hydrogens is 409 g/mol. The molecule has 1 spiro atoms. The molecule has 1 heterocycles. The van der Waals surface area contributed by atoms with Crippen LogP contribution in [0.15, 0.2) is 29.4 Å². The third kappa shape index (κ3) is 3.17. The number of carbonyl (C=O) groups is 1. The van der Waals surface area contributed by atoms with Crippen molar-refractivity contribution in [3.63, 3.8) is 0 Å². The minimum absolute atomic E-state index is 0.124. The molecule has 2 saturated carbocycles. The predicted molar refractivity (Wildman–Crippen MR) is 109 cm³/mol. The van der Waals surface area contributed by atoms with Crippen LogP contribution >= 0.6 is 0 Å². The van der Waals surface area contributed by atoms with Gasteiger partial charge in [0.1, 0.15) is 11.6 Å². The summed E-state index contributed by atoms with van der Waals surface area (Å²) in [7, 11) is 0. The van der Waals surface area contributed by atoms with Gasteiger partial charge in [0, 0.05) is 11.6 Å². The van der Waals surface area contributed by atoms with Gasteiger partial charge in [0.2, 0.25) is 0 Å². The van der Waals surface area contributed by atoms with E-state index in [2.05, 4.69) is 13.8 Å². The number of hydrogen-bond acceptors (Lipinski definition) is 4. The molecule has 1 aliphatic heterocycles. The molecule has 8 heteroatoms. The molecule has 3 fully saturated rings. The van der Waals surface area contributed by atoms with E-state index in [9.17, 15) is 23.1 Å². The van der Waals surface area contributed by atoms with Crippen LogP contribution in [-0.4, -0.2) is 33.6 Å². The van der Waals surface area contributed by atoms with E-state index in [1.165, 1.54) is 17.1 Å². The van der Waals surface area contributed by atoms with Crippen LogP contribution in [0, 0.1) is 17.3 Å². The van der Waals surface area contributed by atoms with Gasteiger partial charge in [0.05, 0.1) is 11.7 Å². The number of benzene rings is 1. The number of halogens is 3. The summed E-state index contributed by atoms with van der Waals surface area (Å²) in [6.07, 6.45) is -2.91. The number of amides is 1. The Morgan fingerprint density at radius 1 is 1.32 bits per heavy atom. The quantitative estimate of drug-likeness (QED) is 0.614. The van der Waals surface area contributed by atoms with Crippen molar-refractivity contribution in [2.24, 2.45) is 22.4 Å². The normalized spacial score (nSPS) is 31.5. The van der Waals surface area contributed by atoms with Crippen LogP contribution in [0.3, 0.4) is 0 Å². The molecule has 3 unspecified atom stereocenters. The van der Waals surface area contributed by atoms with Crippen molar-refractivity contribution in [2.45, 2.75) is 77.3 Å². The Hall–Kier alpha value is -2.09. The highest BCUT2D eigenvalue weighted by atomic mass is 19.4. The number of carbonyl (C=O) groups excluding carboxylic acids is 1. The second-order valence-electron chi connectivity index (χ2n) is 9.60. The van der Waals surface area contributed by atoms with E-state index >= 15 is 0 Å². The molecule has 5 atom stereocenters. The van der Waals surface area contributed by atoms with Crippen LogP contribution in [0.4, 0.5) is 18.0 Å². The number of aliphatic hydroxyl groups excluding tert-OH is 1. The van der Waals surface area contributed by atoms with Gasteiger partial charge in [-0.05, 0) is 54.7 Å². The summed E-state index contributed by atoms with van der Waals surface area (Å²) in [4.78, 5) is 12.7. The van der Waals surface area contributed by atoms with Gasteiger partial charge >= 0.3 is 12.3 Å². The molecule has 1 N–H and O–H groups in total. The third-order valence-corrected chi connectivity index (χ3v) is 8.00. The highest BCUT2D eigenvalue weighted by Crippen LogP contribution is 2.66. The first-order valence-corrected chi connectivity index (χ1v) is 10.9. The lowest BCUT2D eigenvalue weighted by atomic mass is 9.75. The number of alkyl halides is 3. The first-order chi connectivity index (χ1) is 14.4. The highest BCUT2D eigenvalue weighted by Gasteiger charge is 2.73. The minimum atomic E-state index is -4.43. The van der Waals surface area contributed by atoms with Crippen LogP contribution in [0.1, 0.15) is 70.6 Å². The van der Waals surface area contributed by atoms with Gasteiger partial charge in [-0.2, -0.15) is 23.3 Å². The predicted octanol–water partition coefficient (Wildman–Crippen LogP) is 5.54. The zero-order valence-corrected chi connectivity index (χ0v) is 18.2. The molecule has 31 heavy (non-hydrogen) atoms. The van der Waals surface area contributed by atoms with Gasteiger partial charge in [-0.25, -0.2) is 4.79 Å². The summed E-state index contributed by atoms with van der Waals surface area (Å²) in [5, 5.41) is 17.1. The molecular formula is C23H29F3N2O3. The van der Waals surface area contributed by atoms with E-state index in [0.29, 0.717) is 23.6 Å². The Balaban J connectivity index is 1.61. The van der Waals surface area contributed by atoms with Crippen molar-refractivity contribution >= 4 is 11.8 Å². The Kier molecular flexibility index (Phi) is 5.15. The molecule has 5 nitrogen and oxygen atoms in total. The fourth-order valence-electron chi connectivity index (χ4n) is 5.95. The molecule has 0 aromatic heterocycles. The van der Waals surface area contributed by atoms with E-state index in [1.807, 2.05) is 6.92 Å². The van der Waals surface area contributed by atoms with Crippen molar-refractivity contribution in [3.05, 3.63) is 35.4 Å². The Labute approximate surface area is 180 Å². The van der Waals surface area contributed by atoms with Crippen LogP contribution < -0.4 is 0 Å². The average Bonchev–Trinajstić information content (AvgIpc) is 3.23. The smallest absolute Gasteiger partial charge is 0.431 e. The second kappa shape index (κ2) is 7.22. The van der Waals surface area contributed by atoms with Crippen molar-refractivity contribution in [1.82, 2.24) is 5.01 Å². The van der Waals surface area contributed by atoms with Crippen LogP contribution in [-0.2, 0) is 10.9 Å². The lowest BCUT2D eigenvalue weighted by molar-refractivity contribution is -0.137. The lowest BCUT2D eigenvalue weighted by Crippen LogP contribution is -2.53. The maximum absolute atomic E-state index is 12.8. The van der Waals surface area contributed by atoms with E-state index in [1.54, 1.807) is 6.92 Å². The number of ether oxygens (including phenoxy) is 1. The van der Waals surface area contributed by atoms with Gasteiger partial charge in [0.25, 0.3) is 0 Å². The summed E-state index contributed by atoms with van der Waals surface area (Å²) >= 11 is 0. The van der Waals surface area contributed by atoms with Crippen molar-refractivity contribution in [1.29, 1.82) is 0 Å². The molecule has 1 saturated heterocycles. The summed E-state index contributed by atoms with van der Waals surface area (Å²) in [5.74, 6) is -0.00441. The van der Waals surface area contributed by atoms with Gasteiger partial charge < -0.3 is 9.84 Å². The zero-order chi connectivity index (χ0) is 22.8. The third-order valence-electron chi connectivity index (χ3n) is 8.00. The first kappa shape index (κ1) is 22.1. The Morgan fingerprint density at radius 3 is 2.52 bits per heavy atom. The van der Waals surface area contributed by atoms with E-state index in [0.717, 1.165) is 31.4 Å². The summed E-state index contributed by atoms with van der Waals surface area (Å²) in [5.41, 5.74) is -0.366. The number of rotatable bonds is 5. The molecule has 3 aliphatic rings. The largest absolute Gasteiger partial charge is 0.442 e. The molecule has 1 aromatic rings. The molecule has 170 valence electrons. The van der Waals surface area contributed by atoms with Gasteiger partial charge in [-0.3, -0.25) is 0 Å². The minimum Gasteiger partial charge on any atom is -0.442 e. The topological polar surface area (TPSA) is 62.1 Å². The fraction of sp³-hybridized carbons (Fsp3) is 0.652. The molecule has 2 bridgehead atoms. The van der Waals surface area contributed by atoms with E-state index in [-0.39, 0.29) is 11.5 Å². The number of fused-ring (bicyclic) bond motifs is 1. The molecule has 1 amide bonds. The Morgan fingerprint density at radius 2 is 1.97 bits per heavy atom. The molecule has 2 aliphatic carbocycles. The van der Waals surface area contributed by atoms with Crippen LogP contribution in [0.25, 0.3) is 0 Å². The number of nitrogens with zero attached hydrogens (tertiary/aromatic N) is 2. The second-order valence-corrected chi connectivity index (χ2v) is 9.60. The zero-order valence-electron chi connectivity index (χ0n) is 18.2. The maximum atomic E-state index is 12.8. The highest BCUT2D eigenvalue weighted by molar-refractivity contribution is 5.88. The van der Waals surface area contributed by atoms with Crippen LogP contribution in [0.5, 0.6) is 0 Å². The maximum Gasteiger partial charge on any atom is 0.431 e. The molecule has 4 rings (SSSR count). The van der Waals surface area contributed by atoms with Crippen molar-refractivity contribution in [3.8, 4) is 0 Å². The standard InChI is InChI=1S/C23H29F3N2O3/c1-5-17(13(2)19(29)14-6-8-15(9-7-14)23(24,25)26)27-28-20(30)31-18-12-16-10-11-22(18,28)21(16,3)4/h6-9,13,16,18-19,29H,5,10-12H2,1-4H3/b27-17+/t13-,16?,18?,19-,22?/m0/s1. The average molecular weight is 438 g/mol. The lowest BCUT2D eigenvalue weighted by Gasteiger charge is -2.40. The van der Waals surface area contributed by atoms with Crippen molar-refractivity contribution in [2.75, 3.05) is 0 Å². The van der Waals surface area contributed by atoms with Gasteiger partial charge in [-0.1, -0.05) is 39.8 Å². The molecule has 1 aromatic carbocycles. The van der Waals surface area contributed by atoms with Crippen LogP contribution in [0.2, 0.25) is 0 Å². The number of hydrazone groups is 1. The summed E-state index contributed by atoms with van der Waals surface area (Å²) < 4.78 is 44.2. The molecule has 0 radical (unpaired) electrons. The summed E-state index contributed by atoms with van der Waals surface area (Å²) in [6.45, 7) is 8.00. The summed E-state index contributed by atoms with van der Waals surface area (Å²) in [6, 6.07) is 4.51. The monoisotopic (exact) mass is 438 g/mol.